The average Bonchev–Trinajstić information content (AvgIpc) is 2.71. The Morgan fingerprint density at radius 3 is 2.64 bits per heavy atom. The van der Waals surface area contributed by atoms with E-state index in [0.29, 0.717) is 6.61 Å². The first-order chi connectivity index (χ1) is 10.0. The van der Waals surface area contributed by atoms with Crippen LogP contribution >= 0.6 is 34.2 Å². The predicted octanol–water partition coefficient (Wildman–Crippen LogP) is 5.27. The second-order valence-corrected chi connectivity index (χ2v) is 13.5. The van der Waals surface area contributed by atoms with E-state index in [1.54, 1.807) is 6.20 Å². The van der Waals surface area contributed by atoms with Gasteiger partial charge < -0.3 is 8.99 Å². The molecule has 0 bridgehead atoms. The summed E-state index contributed by atoms with van der Waals surface area (Å²) in [7, 11) is -1.75. The maximum Gasteiger partial charge on any atom is 0.224 e. The molecule has 2 aromatic heterocycles. The topological polar surface area (TPSA) is 39.9 Å². The molecule has 0 spiro atoms. The van der Waals surface area contributed by atoms with Crippen LogP contribution in [0.5, 0.6) is 0 Å². The Labute approximate surface area is 151 Å². The molecule has 2 heterocycles. The number of rotatable bonds is 4. The smallest absolute Gasteiger partial charge is 0.224 e. The van der Waals surface area contributed by atoms with Gasteiger partial charge in [0, 0.05) is 16.0 Å². The molecule has 0 aliphatic carbocycles. The van der Waals surface area contributed by atoms with Gasteiger partial charge in [-0.25, -0.2) is 4.98 Å². The molecule has 2 rings (SSSR count). The molecule has 2 aromatic rings. The van der Waals surface area contributed by atoms with E-state index in [-0.39, 0.29) is 16.4 Å². The summed E-state index contributed by atoms with van der Waals surface area (Å²) in [5, 5.41) is 1.52. The number of halogens is 2. The summed E-state index contributed by atoms with van der Waals surface area (Å²) in [5.41, 5.74) is 0.871. The molecule has 22 heavy (non-hydrogen) atoms. The highest BCUT2D eigenvalue weighted by molar-refractivity contribution is 14.1. The minimum Gasteiger partial charge on any atom is -0.415 e. The zero-order valence-electron chi connectivity index (χ0n) is 13.9. The maximum atomic E-state index is 6.34. The van der Waals surface area contributed by atoms with Crippen LogP contribution in [-0.2, 0) is 4.43 Å². The Hall–Kier alpha value is -0.183. The van der Waals surface area contributed by atoms with Crippen molar-refractivity contribution in [2.24, 2.45) is 0 Å². The lowest BCUT2D eigenvalue weighted by molar-refractivity contribution is 0.241. The molecule has 0 aliphatic rings. The Kier molecular flexibility index (Phi) is 5.26. The number of hydrogen-bond donors (Lipinski definition) is 0. The third-order valence-corrected chi connectivity index (χ3v) is 10.0. The number of hydrogen-bond acceptors (Lipinski definition) is 3. The van der Waals surface area contributed by atoms with E-state index >= 15 is 0 Å². The van der Waals surface area contributed by atoms with Gasteiger partial charge in [-0.2, -0.15) is 4.98 Å². The van der Waals surface area contributed by atoms with Gasteiger partial charge in [0.2, 0.25) is 5.28 Å². The molecule has 4 nitrogen and oxygen atoms in total. The lowest BCUT2D eigenvalue weighted by atomic mass is 10.2. The molecule has 0 saturated heterocycles. The molecular formula is C15H23ClIN3OSi. The van der Waals surface area contributed by atoms with Crippen LogP contribution in [0.3, 0.4) is 0 Å². The van der Waals surface area contributed by atoms with Gasteiger partial charge in [0.15, 0.2) is 8.32 Å². The van der Waals surface area contributed by atoms with Crippen molar-refractivity contribution < 1.29 is 4.43 Å². The SMILES string of the molecule is CC(CO[Si](C)(C)C(C)(C)C)n1cc(I)c2cnc(Cl)nc21. The van der Waals surface area contributed by atoms with Gasteiger partial charge in [-0.15, -0.1) is 0 Å². The first kappa shape index (κ1) is 18.2. The fourth-order valence-electron chi connectivity index (χ4n) is 1.93. The molecule has 0 N–H and O–H groups in total. The van der Waals surface area contributed by atoms with Crippen LogP contribution in [0.1, 0.15) is 33.7 Å². The minimum atomic E-state index is -1.75. The summed E-state index contributed by atoms with van der Waals surface area (Å²) in [5.74, 6) is 0. The Bertz CT molecular complexity index is 681. The van der Waals surface area contributed by atoms with Gasteiger partial charge in [-0.05, 0) is 59.2 Å². The summed E-state index contributed by atoms with van der Waals surface area (Å²) < 4.78 is 9.60. The highest BCUT2D eigenvalue weighted by atomic mass is 127. The van der Waals surface area contributed by atoms with Crippen molar-refractivity contribution in [1.82, 2.24) is 14.5 Å². The molecule has 1 atom stereocenters. The van der Waals surface area contributed by atoms with Gasteiger partial charge >= 0.3 is 0 Å². The molecule has 0 aliphatic heterocycles. The predicted molar refractivity (Wildman–Crippen MR) is 103 cm³/mol. The summed E-state index contributed by atoms with van der Waals surface area (Å²) in [6.07, 6.45) is 3.88. The highest BCUT2D eigenvalue weighted by Gasteiger charge is 2.37. The molecule has 0 amide bonds. The summed E-state index contributed by atoms with van der Waals surface area (Å²) in [4.78, 5) is 8.45. The molecule has 0 radical (unpaired) electrons. The first-order valence-electron chi connectivity index (χ1n) is 7.35. The van der Waals surface area contributed by atoms with Crippen LogP contribution in [0.25, 0.3) is 11.0 Å². The van der Waals surface area contributed by atoms with Crippen molar-refractivity contribution in [3.05, 3.63) is 21.2 Å². The molecule has 0 saturated carbocycles. The zero-order chi connectivity index (χ0) is 16.7. The molecule has 0 fully saturated rings. The van der Waals surface area contributed by atoms with Gasteiger partial charge in [-0.1, -0.05) is 20.8 Å². The number of aromatic nitrogens is 3. The lowest BCUT2D eigenvalue weighted by Crippen LogP contribution is -2.41. The fourth-order valence-corrected chi connectivity index (χ4v) is 3.83. The quantitative estimate of drug-likeness (QED) is 0.361. The second kappa shape index (κ2) is 6.37. The highest BCUT2D eigenvalue weighted by Crippen LogP contribution is 2.37. The van der Waals surface area contributed by atoms with Crippen molar-refractivity contribution in [2.45, 2.75) is 51.9 Å². The molecule has 1 unspecified atom stereocenters. The van der Waals surface area contributed by atoms with Gasteiger partial charge in [0.25, 0.3) is 0 Å². The standard InChI is InChI=1S/C15H23ClIN3OSi/c1-10(9-21-22(5,6)15(2,3)4)20-8-12(17)11-7-18-14(16)19-13(11)20/h7-8,10H,9H2,1-6H3. The summed E-state index contributed by atoms with van der Waals surface area (Å²) in [6.45, 7) is 14.1. The van der Waals surface area contributed by atoms with Crippen LogP contribution in [0.4, 0.5) is 0 Å². The van der Waals surface area contributed by atoms with E-state index in [0.717, 1.165) is 14.6 Å². The van der Waals surface area contributed by atoms with E-state index in [1.807, 2.05) is 0 Å². The summed E-state index contributed by atoms with van der Waals surface area (Å²) in [6, 6.07) is 0.200. The first-order valence-corrected chi connectivity index (χ1v) is 11.7. The fraction of sp³-hybridized carbons (Fsp3) is 0.600. The third-order valence-electron chi connectivity index (χ3n) is 4.46. The average molecular weight is 452 g/mol. The maximum absolute atomic E-state index is 6.34. The van der Waals surface area contributed by atoms with Crippen molar-refractivity contribution in [3.8, 4) is 0 Å². The Morgan fingerprint density at radius 1 is 1.41 bits per heavy atom. The molecular weight excluding hydrogens is 429 g/mol. The van der Waals surface area contributed by atoms with Crippen molar-refractivity contribution >= 4 is 53.5 Å². The molecule has 7 heteroatoms. The largest absolute Gasteiger partial charge is 0.415 e. The van der Waals surface area contributed by atoms with E-state index in [2.05, 4.69) is 84.1 Å². The second-order valence-electron chi connectivity index (χ2n) is 7.18. The van der Waals surface area contributed by atoms with Gasteiger partial charge in [0.05, 0.1) is 18.0 Å². The Morgan fingerprint density at radius 2 is 2.05 bits per heavy atom. The minimum absolute atomic E-state index is 0.200. The van der Waals surface area contributed by atoms with Crippen LogP contribution in [-0.4, -0.2) is 29.5 Å². The van der Waals surface area contributed by atoms with Gasteiger partial charge in [0.1, 0.15) is 5.65 Å². The molecule has 0 aromatic carbocycles. The Balaban J connectivity index is 2.24. The van der Waals surface area contributed by atoms with Crippen molar-refractivity contribution in [2.75, 3.05) is 6.61 Å². The van der Waals surface area contributed by atoms with Crippen LogP contribution in [0.2, 0.25) is 23.4 Å². The number of fused-ring (bicyclic) bond motifs is 1. The van der Waals surface area contributed by atoms with Crippen LogP contribution in [0.15, 0.2) is 12.4 Å². The molecule has 122 valence electrons. The van der Waals surface area contributed by atoms with Crippen LogP contribution in [0, 0.1) is 3.57 Å². The lowest BCUT2D eigenvalue weighted by Gasteiger charge is -2.37. The third kappa shape index (κ3) is 3.65. The van der Waals surface area contributed by atoms with Crippen molar-refractivity contribution in [1.29, 1.82) is 0 Å². The summed E-state index contributed by atoms with van der Waals surface area (Å²) >= 11 is 8.26. The normalized spacial score (nSPS) is 14.5. The van der Waals surface area contributed by atoms with E-state index in [9.17, 15) is 0 Å². The van der Waals surface area contributed by atoms with Crippen molar-refractivity contribution in [3.63, 3.8) is 0 Å². The number of nitrogens with zero attached hydrogens (tertiary/aromatic N) is 3. The van der Waals surface area contributed by atoms with Crippen LogP contribution < -0.4 is 0 Å². The van der Waals surface area contributed by atoms with E-state index in [1.165, 1.54) is 0 Å². The van der Waals surface area contributed by atoms with E-state index in [4.69, 9.17) is 16.0 Å². The zero-order valence-corrected chi connectivity index (χ0v) is 17.9. The van der Waals surface area contributed by atoms with E-state index < -0.39 is 8.32 Å². The van der Waals surface area contributed by atoms with Gasteiger partial charge in [-0.3, -0.25) is 0 Å². The monoisotopic (exact) mass is 451 g/mol.